The van der Waals surface area contributed by atoms with Gasteiger partial charge in [-0.2, -0.15) is 5.10 Å². The largest absolute Gasteiger partial charge is 0.378 e. The lowest BCUT2D eigenvalue weighted by atomic mass is 10.2. The lowest BCUT2D eigenvalue weighted by molar-refractivity contribution is 0.123. The number of morpholine rings is 1. The SMILES string of the molecule is C(=N\N(Cc1ccccc1)c1ccccc1)/c1ccc(N2CCOCC2)s1. The molecule has 4 nitrogen and oxygen atoms in total. The molecule has 2 heterocycles. The number of anilines is 2. The zero-order chi connectivity index (χ0) is 18.3. The third kappa shape index (κ3) is 4.76. The Labute approximate surface area is 164 Å². The van der Waals surface area contributed by atoms with Gasteiger partial charge in [0.05, 0.1) is 36.7 Å². The van der Waals surface area contributed by atoms with Crippen LogP contribution in [0.3, 0.4) is 0 Å². The minimum absolute atomic E-state index is 0.739. The summed E-state index contributed by atoms with van der Waals surface area (Å²) in [6.07, 6.45) is 1.96. The minimum atomic E-state index is 0.739. The summed E-state index contributed by atoms with van der Waals surface area (Å²) >= 11 is 1.78. The number of thiophene rings is 1. The standard InChI is InChI=1S/C22H23N3OS/c1-3-7-19(8-4-1)18-25(20-9-5-2-6-10-20)23-17-21-11-12-22(27-21)24-13-15-26-16-14-24/h1-12,17H,13-16,18H2/b23-17+. The highest BCUT2D eigenvalue weighted by Gasteiger charge is 2.13. The Morgan fingerprint density at radius 3 is 2.37 bits per heavy atom. The molecule has 138 valence electrons. The molecule has 1 saturated heterocycles. The van der Waals surface area contributed by atoms with Crippen molar-refractivity contribution in [2.75, 3.05) is 36.2 Å². The van der Waals surface area contributed by atoms with Crippen LogP contribution in [0, 0.1) is 0 Å². The number of hydrazone groups is 1. The van der Waals surface area contributed by atoms with Gasteiger partial charge in [-0.3, -0.25) is 5.01 Å². The number of para-hydroxylation sites is 1. The van der Waals surface area contributed by atoms with Crippen LogP contribution >= 0.6 is 11.3 Å². The molecule has 0 bridgehead atoms. The number of hydrogen-bond donors (Lipinski definition) is 0. The van der Waals surface area contributed by atoms with Crippen molar-refractivity contribution in [3.05, 3.63) is 83.2 Å². The highest BCUT2D eigenvalue weighted by atomic mass is 32.1. The number of hydrogen-bond acceptors (Lipinski definition) is 5. The predicted octanol–water partition coefficient (Wildman–Crippen LogP) is 4.63. The maximum absolute atomic E-state index is 5.44. The molecule has 4 rings (SSSR count). The van der Waals surface area contributed by atoms with Crippen LogP contribution in [-0.2, 0) is 11.3 Å². The number of nitrogens with zero attached hydrogens (tertiary/aromatic N) is 3. The Bertz CT molecular complexity index is 858. The van der Waals surface area contributed by atoms with Gasteiger partial charge in [0.25, 0.3) is 0 Å². The number of rotatable bonds is 6. The predicted molar refractivity (Wildman–Crippen MR) is 114 cm³/mol. The molecule has 3 aromatic rings. The first-order valence-electron chi connectivity index (χ1n) is 9.21. The van der Waals surface area contributed by atoms with E-state index < -0.39 is 0 Å². The summed E-state index contributed by atoms with van der Waals surface area (Å²) in [7, 11) is 0. The van der Waals surface area contributed by atoms with Crippen molar-refractivity contribution < 1.29 is 4.74 Å². The average molecular weight is 378 g/mol. The lowest BCUT2D eigenvalue weighted by Crippen LogP contribution is -2.35. The molecule has 27 heavy (non-hydrogen) atoms. The normalized spacial score (nSPS) is 14.6. The van der Waals surface area contributed by atoms with Crippen molar-refractivity contribution in [3.63, 3.8) is 0 Å². The smallest absolute Gasteiger partial charge is 0.0916 e. The second kappa shape index (κ2) is 8.84. The molecule has 2 aromatic carbocycles. The summed E-state index contributed by atoms with van der Waals surface area (Å²) in [5.41, 5.74) is 2.32. The van der Waals surface area contributed by atoms with Gasteiger partial charge in [0.1, 0.15) is 0 Å². The molecule has 0 radical (unpaired) electrons. The molecular formula is C22H23N3OS. The van der Waals surface area contributed by atoms with Crippen LogP contribution in [0.5, 0.6) is 0 Å². The first kappa shape index (κ1) is 17.8. The maximum atomic E-state index is 5.44. The minimum Gasteiger partial charge on any atom is -0.378 e. The Kier molecular flexibility index (Phi) is 5.82. The fraction of sp³-hybridized carbons (Fsp3) is 0.227. The summed E-state index contributed by atoms with van der Waals surface area (Å²) in [5.74, 6) is 0. The molecule has 0 amide bonds. The number of benzene rings is 2. The van der Waals surface area contributed by atoms with Crippen LogP contribution in [-0.4, -0.2) is 32.5 Å². The van der Waals surface area contributed by atoms with Crippen LogP contribution in [0.15, 0.2) is 77.9 Å². The van der Waals surface area contributed by atoms with Gasteiger partial charge in [-0.25, -0.2) is 0 Å². The highest BCUT2D eigenvalue weighted by Crippen LogP contribution is 2.26. The topological polar surface area (TPSA) is 28.1 Å². The zero-order valence-electron chi connectivity index (χ0n) is 15.2. The average Bonchev–Trinajstić information content (AvgIpc) is 3.22. The Morgan fingerprint density at radius 2 is 1.63 bits per heavy atom. The lowest BCUT2D eigenvalue weighted by Gasteiger charge is -2.27. The summed E-state index contributed by atoms with van der Waals surface area (Å²) < 4.78 is 5.44. The van der Waals surface area contributed by atoms with E-state index in [2.05, 4.69) is 53.4 Å². The van der Waals surface area contributed by atoms with E-state index in [4.69, 9.17) is 9.84 Å². The maximum Gasteiger partial charge on any atom is 0.0916 e. The van der Waals surface area contributed by atoms with Gasteiger partial charge in [-0.15, -0.1) is 11.3 Å². The van der Waals surface area contributed by atoms with E-state index in [0.717, 1.165) is 43.4 Å². The van der Waals surface area contributed by atoms with Crippen LogP contribution in [0.4, 0.5) is 10.7 Å². The quantitative estimate of drug-likeness (QED) is 0.463. The van der Waals surface area contributed by atoms with Crippen LogP contribution in [0.25, 0.3) is 0 Å². The van der Waals surface area contributed by atoms with Crippen molar-refractivity contribution in [1.82, 2.24) is 0 Å². The van der Waals surface area contributed by atoms with E-state index in [1.54, 1.807) is 11.3 Å². The van der Waals surface area contributed by atoms with Crippen LogP contribution in [0.1, 0.15) is 10.4 Å². The molecule has 5 heteroatoms. The van der Waals surface area contributed by atoms with E-state index in [0.29, 0.717) is 0 Å². The summed E-state index contributed by atoms with van der Waals surface area (Å²) in [5, 5.41) is 8.12. The van der Waals surface area contributed by atoms with Gasteiger partial charge >= 0.3 is 0 Å². The van der Waals surface area contributed by atoms with Gasteiger partial charge in [-0.1, -0.05) is 48.5 Å². The van der Waals surface area contributed by atoms with Crippen molar-refractivity contribution in [2.45, 2.75) is 6.54 Å². The van der Waals surface area contributed by atoms with Gasteiger partial charge in [0.15, 0.2) is 0 Å². The molecule has 0 unspecified atom stereocenters. The molecule has 1 aliphatic heterocycles. The monoisotopic (exact) mass is 377 g/mol. The van der Waals surface area contributed by atoms with Gasteiger partial charge in [-0.05, 0) is 29.8 Å². The van der Waals surface area contributed by atoms with Gasteiger partial charge < -0.3 is 9.64 Å². The van der Waals surface area contributed by atoms with Crippen LogP contribution in [0.2, 0.25) is 0 Å². The summed E-state index contributed by atoms with van der Waals surface area (Å²) in [6.45, 7) is 4.27. The first-order chi connectivity index (χ1) is 13.4. The molecule has 1 fully saturated rings. The van der Waals surface area contributed by atoms with E-state index in [9.17, 15) is 0 Å². The third-order valence-electron chi connectivity index (χ3n) is 4.49. The van der Waals surface area contributed by atoms with Crippen molar-refractivity contribution in [1.29, 1.82) is 0 Å². The van der Waals surface area contributed by atoms with Gasteiger partial charge in [0.2, 0.25) is 0 Å². The molecule has 1 aromatic heterocycles. The molecular weight excluding hydrogens is 354 g/mol. The van der Waals surface area contributed by atoms with E-state index in [-0.39, 0.29) is 0 Å². The first-order valence-corrected chi connectivity index (χ1v) is 10.0. The Morgan fingerprint density at radius 1 is 0.926 bits per heavy atom. The third-order valence-corrected chi connectivity index (χ3v) is 5.57. The van der Waals surface area contributed by atoms with Crippen molar-refractivity contribution in [3.8, 4) is 0 Å². The number of ether oxygens (including phenoxy) is 1. The van der Waals surface area contributed by atoms with E-state index in [1.165, 1.54) is 10.6 Å². The van der Waals surface area contributed by atoms with Gasteiger partial charge in [0, 0.05) is 18.0 Å². The second-order valence-electron chi connectivity index (χ2n) is 6.40. The van der Waals surface area contributed by atoms with Crippen LogP contribution < -0.4 is 9.91 Å². The molecule has 0 aliphatic carbocycles. The zero-order valence-corrected chi connectivity index (χ0v) is 16.0. The Balaban J connectivity index is 1.51. The summed E-state index contributed by atoms with van der Waals surface area (Å²) in [6, 6.07) is 25.1. The molecule has 1 aliphatic rings. The fourth-order valence-electron chi connectivity index (χ4n) is 3.05. The van der Waals surface area contributed by atoms with E-state index >= 15 is 0 Å². The molecule has 0 N–H and O–H groups in total. The summed E-state index contributed by atoms with van der Waals surface area (Å²) in [4.78, 5) is 3.54. The van der Waals surface area contributed by atoms with Crippen molar-refractivity contribution in [2.24, 2.45) is 5.10 Å². The highest BCUT2D eigenvalue weighted by molar-refractivity contribution is 7.17. The Hall–Kier alpha value is -2.63. The fourth-order valence-corrected chi connectivity index (χ4v) is 3.97. The van der Waals surface area contributed by atoms with Crippen molar-refractivity contribution >= 4 is 28.2 Å². The van der Waals surface area contributed by atoms with E-state index in [1.807, 2.05) is 35.5 Å². The second-order valence-corrected chi connectivity index (χ2v) is 7.49. The molecule has 0 saturated carbocycles. The molecule has 0 spiro atoms. The molecule has 0 atom stereocenters.